The second kappa shape index (κ2) is 9.35. The highest BCUT2D eigenvalue weighted by molar-refractivity contribution is 7.88. The molecule has 0 radical (unpaired) electrons. The van der Waals surface area contributed by atoms with Crippen molar-refractivity contribution in [3.63, 3.8) is 0 Å². The minimum absolute atomic E-state index is 0.151. The molecular weight excluding hydrogens is 354 g/mol. The second-order valence-corrected chi connectivity index (χ2v) is 7.50. The van der Waals surface area contributed by atoms with Crippen molar-refractivity contribution in [1.29, 1.82) is 0 Å². The van der Waals surface area contributed by atoms with Crippen LogP contribution in [0.3, 0.4) is 0 Å². The van der Waals surface area contributed by atoms with Gasteiger partial charge in [0.25, 0.3) is 0 Å². The summed E-state index contributed by atoms with van der Waals surface area (Å²) in [6.45, 7) is 4.54. The molecule has 0 fully saturated rings. The third-order valence-electron chi connectivity index (χ3n) is 3.80. The maximum absolute atomic E-state index is 11.9. The van der Waals surface area contributed by atoms with Gasteiger partial charge in [0, 0.05) is 18.3 Å². The summed E-state index contributed by atoms with van der Waals surface area (Å²) in [5, 5.41) is 6.73. The van der Waals surface area contributed by atoms with Crippen LogP contribution in [0.15, 0.2) is 40.0 Å². The van der Waals surface area contributed by atoms with Crippen LogP contribution >= 0.6 is 0 Å². The number of aromatic nitrogens is 1. The van der Waals surface area contributed by atoms with Crippen LogP contribution in [0.25, 0.3) is 0 Å². The zero-order chi connectivity index (χ0) is 19.0. The summed E-state index contributed by atoms with van der Waals surface area (Å²) >= 11 is 0. The van der Waals surface area contributed by atoms with E-state index in [2.05, 4.69) is 38.6 Å². The lowest BCUT2D eigenvalue weighted by Crippen LogP contribution is -2.29. The lowest BCUT2D eigenvalue weighted by molar-refractivity contribution is 0.413. The van der Waals surface area contributed by atoms with E-state index >= 15 is 0 Å². The Morgan fingerprint density at radius 1 is 1.23 bits per heavy atom. The van der Waals surface area contributed by atoms with Crippen molar-refractivity contribution < 1.29 is 12.9 Å². The molecule has 2 rings (SSSR count). The Morgan fingerprint density at radius 2 is 1.92 bits per heavy atom. The van der Waals surface area contributed by atoms with Gasteiger partial charge in [-0.2, -0.15) is 0 Å². The summed E-state index contributed by atoms with van der Waals surface area (Å²) in [4.78, 5) is 4.19. The Kier molecular flexibility index (Phi) is 7.16. The minimum atomic E-state index is -3.49. The van der Waals surface area contributed by atoms with Crippen molar-refractivity contribution in [1.82, 2.24) is 9.88 Å². The number of sulfonamides is 1. The standard InChI is InChI=1S/C17H25N5O3S/c1-3-13-6-5-7-14(4-2)16(13)21-17(18)19-9-10-20-26(23,24)12-15-8-11-25-22-15/h5-8,11,20H,3-4,9-10,12H2,1-2H3,(H3,18,19,21). The Bertz CT molecular complexity index is 810. The van der Waals surface area contributed by atoms with Crippen molar-refractivity contribution in [3.05, 3.63) is 47.3 Å². The van der Waals surface area contributed by atoms with Gasteiger partial charge in [0.15, 0.2) is 5.96 Å². The lowest BCUT2D eigenvalue weighted by atomic mass is 10.0. The first-order valence-corrected chi connectivity index (χ1v) is 10.1. The average Bonchev–Trinajstić information content (AvgIpc) is 3.11. The molecule has 0 saturated carbocycles. The highest BCUT2D eigenvalue weighted by Gasteiger charge is 2.13. The molecule has 8 nitrogen and oxygen atoms in total. The molecule has 2 aromatic rings. The molecule has 1 heterocycles. The molecule has 9 heteroatoms. The summed E-state index contributed by atoms with van der Waals surface area (Å²) in [5.74, 6) is 0.0290. The first-order valence-electron chi connectivity index (χ1n) is 8.49. The zero-order valence-electron chi connectivity index (χ0n) is 15.0. The van der Waals surface area contributed by atoms with Gasteiger partial charge in [-0.05, 0) is 24.0 Å². The number of nitrogens with zero attached hydrogens (tertiary/aromatic N) is 2. The van der Waals surface area contributed by atoms with Crippen molar-refractivity contribution >= 4 is 21.7 Å². The third-order valence-corrected chi connectivity index (χ3v) is 5.12. The van der Waals surface area contributed by atoms with Crippen molar-refractivity contribution in [2.75, 3.05) is 18.4 Å². The van der Waals surface area contributed by atoms with Crippen molar-refractivity contribution in [3.8, 4) is 0 Å². The number of hydrogen-bond acceptors (Lipinski definition) is 5. The summed E-state index contributed by atoms with van der Waals surface area (Å²) < 4.78 is 30.9. The number of benzene rings is 1. The van der Waals surface area contributed by atoms with Crippen LogP contribution in [0.5, 0.6) is 0 Å². The first kappa shape index (κ1) is 19.9. The second-order valence-electron chi connectivity index (χ2n) is 5.69. The molecule has 0 aliphatic heterocycles. The van der Waals surface area contributed by atoms with E-state index in [-0.39, 0.29) is 24.8 Å². The summed E-state index contributed by atoms with van der Waals surface area (Å²) in [7, 11) is -3.49. The van der Waals surface area contributed by atoms with Gasteiger partial charge in [-0.3, -0.25) is 4.99 Å². The van der Waals surface area contributed by atoms with Gasteiger partial charge in [0.05, 0.1) is 12.2 Å². The van der Waals surface area contributed by atoms with Gasteiger partial charge in [0.2, 0.25) is 10.0 Å². The Morgan fingerprint density at radius 3 is 2.50 bits per heavy atom. The monoisotopic (exact) mass is 379 g/mol. The smallest absolute Gasteiger partial charge is 0.217 e. The number of nitrogens with one attached hydrogen (secondary N) is 2. The Hall–Kier alpha value is -2.39. The normalized spacial score (nSPS) is 12.3. The number of hydrogen-bond donors (Lipinski definition) is 3. The molecule has 1 aromatic carbocycles. The van der Waals surface area contributed by atoms with E-state index in [9.17, 15) is 8.42 Å². The van der Waals surface area contributed by atoms with Crippen molar-refractivity contribution in [2.45, 2.75) is 32.4 Å². The van der Waals surface area contributed by atoms with E-state index in [1.807, 2.05) is 18.2 Å². The van der Waals surface area contributed by atoms with E-state index < -0.39 is 10.0 Å². The lowest BCUT2D eigenvalue weighted by Gasteiger charge is -2.14. The van der Waals surface area contributed by atoms with E-state index in [4.69, 9.17) is 5.73 Å². The number of nitrogens with two attached hydrogens (primary N) is 1. The van der Waals surface area contributed by atoms with Gasteiger partial charge in [-0.15, -0.1) is 0 Å². The van der Waals surface area contributed by atoms with Crippen LogP contribution in [0.4, 0.5) is 5.69 Å². The Labute approximate surface area is 153 Å². The zero-order valence-corrected chi connectivity index (χ0v) is 15.8. The van der Waals surface area contributed by atoms with E-state index in [0.29, 0.717) is 5.69 Å². The number of para-hydroxylation sites is 1. The molecule has 0 atom stereocenters. The van der Waals surface area contributed by atoms with Crippen LogP contribution in [0, 0.1) is 0 Å². The highest BCUT2D eigenvalue weighted by atomic mass is 32.2. The number of anilines is 1. The molecule has 142 valence electrons. The molecule has 0 saturated heterocycles. The number of guanidine groups is 1. The largest absolute Gasteiger partial charge is 0.370 e. The van der Waals surface area contributed by atoms with Gasteiger partial charge in [-0.1, -0.05) is 37.2 Å². The minimum Gasteiger partial charge on any atom is -0.370 e. The van der Waals surface area contributed by atoms with Crippen LogP contribution in [-0.2, 0) is 28.6 Å². The fourth-order valence-corrected chi connectivity index (χ4v) is 3.55. The Balaban J connectivity index is 1.89. The molecule has 26 heavy (non-hydrogen) atoms. The number of aliphatic imine (C=N–C) groups is 1. The van der Waals surface area contributed by atoms with Crippen LogP contribution < -0.4 is 15.8 Å². The molecule has 4 N–H and O–H groups in total. The maximum atomic E-state index is 11.9. The van der Waals surface area contributed by atoms with E-state index in [0.717, 1.165) is 29.7 Å². The first-order chi connectivity index (χ1) is 12.4. The fourth-order valence-electron chi connectivity index (χ4n) is 2.51. The molecule has 0 bridgehead atoms. The summed E-state index contributed by atoms with van der Waals surface area (Å²) in [5.41, 5.74) is 9.61. The van der Waals surface area contributed by atoms with Crippen LogP contribution in [0.2, 0.25) is 0 Å². The molecule has 0 aliphatic rings. The average molecular weight is 379 g/mol. The van der Waals surface area contributed by atoms with Crippen LogP contribution in [-0.4, -0.2) is 32.6 Å². The quantitative estimate of drug-likeness (QED) is 0.346. The van der Waals surface area contributed by atoms with Crippen LogP contribution in [0.1, 0.15) is 30.7 Å². The van der Waals surface area contributed by atoms with Gasteiger partial charge < -0.3 is 15.6 Å². The summed E-state index contributed by atoms with van der Waals surface area (Å²) in [6, 6.07) is 7.63. The molecule has 0 aliphatic carbocycles. The van der Waals surface area contributed by atoms with Gasteiger partial charge in [-0.25, -0.2) is 13.1 Å². The third kappa shape index (κ3) is 5.85. The highest BCUT2D eigenvalue weighted by Crippen LogP contribution is 2.22. The van der Waals surface area contributed by atoms with Gasteiger partial charge in [0.1, 0.15) is 12.0 Å². The molecule has 1 aromatic heterocycles. The SMILES string of the molecule is CCc1cccc(CC)c1NC(N)=NCCNS(=O)(=O)Cc1ccon1. The topological polar surface area (TPSA) is 123 Å². The molecule has 0 spiro atoms. The van der Waals surface area contributed by atoms with E-state index in [1.54, 1.807) is 0 Å². The molecular formula is C17H25N5O3S. The molecule has 0 unspecified atom stereocenters. The van der Waals surface area contributed by atoms with Gasteiger partial charge >= 0.3 is 0 Å². The fraction of sp³-hybridized carbons (Fsp3) is 0.412. The number of rotatable bonds is 9. The summed E-state index contributed by atoms with van der Waals surface area (Å²) in [6.07, 6.45) is 3.09. The maximum Gasteiger partial charge on any atom is 0.217 e. The molecule has 0 amide bonds. The van der Waals surface area contributed by atoms with Crippen molar-refractivity contribution in [2.24, 2.45) is 10.7 Å². The predicted octanol–water partition coefficient (Wildman–Crippen LogP) is 1.65. The predicted molar refractivity (Wildman–Crippen MR) is 102 cm³/mol. The number of aryl methyl sites for hydroxylation is 2. The van der Waals surface area contributed by atoms with E-state index in [1.165, 1.54) is 12.3 Å².